The van der Waals surface area contributed by atoms with Gasteiger partial charge in [0.2, 0.25) is 5.91 Å². The third kappa shape index (κ3) is 3.98. The van der Waals surface area contributed by atoms with Crippen molar-refractivity contribution in [2.45, 2.75) is 43.7 Å². The molecular weight excluding hydrogens is 346 g/mol. The summed E-state index contributed by atoms with van der Waals surface area (Å²) in [4.78, 5) is 15.8. The average Bonchev–Trinajstić information content (AvgIpc) is 3.39. The van der Waals surface area contributed by atoms with Gasteiger partial charge < -0.3 is 10.6 Å². The predicted molar refractivity (Wildman–Crippen MR) is 113 cm³/mol. The van der Waals surface area contributed by atoms with E-state index in [-0.39, 0.29) is 5.91 Å². The molecule has 1 atom stereocenters. The number of fused-ring (bicyclic) bond motifs is 1. The van der Waals surface area contributed by atoms with Crippen LogP contribution in [0.2, 0.25) is 0 Å². The Morgan fingerprint density at radius 2 is 1.79 bits per heavy atom. The zero-order valence-corrected chi connectivity index (χ0v) is 16.8. The van der Waals surface area contributed by atoms with Crippen LogP contribution < -0.4 is 10.6 Å². The molecule has 2 aromatic rings. The van der Waals surface area contributed by atoms with E-state index < -0.39 is 5.54 Å². The molecule has 0 saturated carbocycles. The molecule has 0 spiro atoms. The summed E-state index contributed by atoms with van der Waals surface area (Å²) >= 11 is 0. The molecule has 1 fully saturated rings. The van der Waals surface area contributed by atoms with E-state index in [2.05, 4.69) is 71.1 Å². The van der Waals surface area contributed by atoms with E-state index in [1.807, 2.05) is 6.07 Å². The second-order valence-electron chi connectivity index (χ2n) is 8.31. The molecule has 0 bridgehead atoms. The molecule has 1 aliphatic carbocycles. The van der Waals surface area contributed by atoms with Gasteiger partial charge in [0.25, 0.3) is 0 Å². The first-order chi connectivity index (χ1) is 13.7. The van der Waals surface area contributed by atoms with Crippen LogP contribution >= 0.6 is 0 Å². The van der Waals surface area contributed by atoms with Gasteiger partial charge in [0.05, 0.1) is 0 Å². The van der Waals surface area contributed by atoms with Gasteiger partial charge in [0, 0.05) is 32.0 Å². The Kier molecular flexibility index (Phi) is 5.79. The van der Waals surface area contributed by atoms with Crippen molar-refractivity contribution in [3.63, 3.8) is 0 Å². The molecule has 148 valence electrons. The van der Waals surface area contributed by atoms with Crippen LogP contribution in [0.3, 0.4) is 0 Å². The quantitative estimate of drug-likeness (QED) is 0.780. The molecule has 0 radical (unpaired) electrons. The Labute approximate surface area is 168 Å². The standard InChI is InChI=1S/C24H31N3O/c1-27(15-13-19-8-3-2-4-9-19)24(16-20-10-5-6-11-21(20)17-24)23(28)26-18-22-12-7-14-25-22/h2-6,8-11,22,25H,7,12-18H2,1H3,(H,26,28)/t22-/m0/s1. The highest BCUT2D eigenvalue weighted by Gasteiger charge is 2.46. The van der Waals surface area contributed by atoms with Crippen LogP contribution in [0.4, 0.5) is 0 Å². The first-order valence-electron chi connectivity index (χ1n) is 10.5. The van der Waals surface area contributed by atoms with E-state index in [1.54, 1.807) is 0 Å². The molecule has 1 heterocycles. The highest BCUT2D eigenvalue weighted by molar-refractivity contribution is 5.88. The van der Waals surface area contributed by atoms with Crippen molar-refractivity contribution in [3.8, 4) is 0 Å². The molecule has 1 saturated heterocycles. The maximum atomic E-state index is 13.5. The fraction of sp³-hybridized carbons (Fsp3) is 0.458. The summed E-state index contributed by atoms with van der Waals surface area (Å²) in [6.45, 7) is 2.66. The number of nitrogens with one attached hydrogen (secondary N) is 2. The summed E-state index contributed by atoms with van der Waals surface area (Å²) in [5.41, 5.74) is 3.44. The van der Waals surface area contributed by atoms with Crippen LogP contribution in [-0.2, 0) is 24.1 Å². The molecule has 2 N–H and O–H groups in total. The number of carbonyl (C=O) groups is 1. The van der Waals surface area contributed by atoms with E-state index in [0.717, 1.165) is 45.3 Å². The van der Waals surface area contributed by atoms with Crippen molar-refractivity contribution in [1.82, 2.24) is 15.5 Å². The summed E-state index contributed by atoms with van der Waals surface area (Å²) in [5.74, 6) is 0.174. The van der Waals surface area contributed by atoms with Crippen molar-refractivity contribution in [1.29, 1.82) is 0 Å². The normalized spacial score (nSPS) is 20.3. The van der Waals surface area contributed by atoms with E-state index in [1.165, 1.54) is 23.1 Å². The van der Waals surface area contributed by atoms with Gasteiger partial charge in [0.15, 0.2) is 0 Å². The lowest BCUT2D eigenvalue weighted by Gasteiger charge is -2.38. The lowest BCUT2D eigenvalue weighted by Crippen LogP contribution is -2.59. The van der Waals surface area contributed by atoms with Gasteiger partial charge >= 0.3 is 0 Å². The van der Waals surface area contributed by atoms with Gasteiger partial charge in [-0.25, -0.2) is 0 Å². The highest BCUT2D eigenvalue weighted by Crippen LogP contribution is 2.34. The molecule has 2 aromatic carbocycles. The molecule has 4 heteroatoms. The molecule has 2 aliphatic rings. The number of hydrogen-bond donors (Lipinski definition) is 2. The molecule has 0 unspecified atom stereocenters. The minimum atomic E-state index is -0.489. The van der Waals surface area contributed by atoms with Crippen molar-refractivity contribution >= 4 is 5.91 Å². The van der Waals surface area contributed by atoms with Gasteiger partial charge in [-0.05, 0) is 49.5 Å². The van der Waals surface area contributed by atoms with Gasteiger partial charge in [0.1, 0.15) is 5.54 Å². The first kappa shape index (κ1) is 19.2. The SMILES string of the molecule is CN(CCc1ccccc1)C1(C(=O)NC[C@@H]2CCCN2)Cc2ccccc2C1. The summed E-state index contributed by atoms with van der Waals surface area (Å²) in [6, 6.07) is 19.5. The van der Waals surface area contributed by atoms with Gasteiger partial charge in [-0.1, -0.05) is 54.6 Å². The Balaban J connectivity index is 1.49. The van der Waals surface area contributed by atoms with E-state index in [0.29, 0.717) is 6.04 Å². The lowest BCUT2D eigenvalue weighted by molar-refractivity contribution is -0.132. The largest absolute Gasteiger partial charge is 0.353 e. The van der Waals surface area contributed by atoms with E-state index in [4.69, 9.17) is 0 Å². The average molecular weight is 378 g/mol. The van der Waals surface area contributed by atoms with Gasteiger partial charge in [-0.15, -0.1) is 0 Å². The van der Waals surface area contributed by atoms with Crippen molar-refractivity contribution in [2.24, 2.45) is 0 Å². The smallest absolute Gasteiger partial charge is 0.241 e. The van der Waals surface area contributed by atoms with Crippen molar-refractivity contribution < 1.29 is 4.79 Å². The summed E-state index contributed by atoms with van der Waals surface area (Å²) in [7, 11) is 2.11. The van der Waals surface area contributed by atoms with Gasteiger partial charge in [-0.2, -0.15) is 0 Å². The van der Waals surface area contributed by atoms with Crippen LogP contribution in [0.25, 0.3) is 0 Å². The Morgan fingerprint density at radius 3 is 2.43 bits per heavy atom. The number of rotatable bonds is 7. The molecule has 28 heavy (non-hydrogen) atoms. The van der Waals surface area contributed by atoms with Crippen LogP contribution in [0.5, 0.6) is 0 Å². The van der Waals surface area contributed by atoms with Crippen LogP contribution in [0, 0.1) is 0 Å². The predicted octanol–water partition coefficient (Wildman–Crippen LogP) is 2.57. The Bertz CT molecular complexity index is 774. The Hall–Kier alpha value is -2.17. The minimum absolute atomic E-state index is 0.174. The zero-order valence-electron chi connectivity index (χ0n) is 16.8. The Morgan fingerprint density at radius 1 is 1.11 bits per heavy atom. The van der Waals surface area contributed by atoms with Gasteiger partial charge in [-0.3, -0.25) is 9.69 Å². The molecule has 1 aliphatic heterocycles. The number of likely N-dealkylation sites (N-methyl/N-ethyl adjacent to an activating group) is 1. The summed E-state index contributed by atoms with van der Waals surface area (Å²) < 4.78 is 0. The van der Waals surface area contributed by atoms with Crippen LogP contribution in [0.1, 0.15) is 29.5 Å². The van der Waals surface area contributed by atoms with Crippen LogP contribution in [0.15, 0.2) is 54.6 Å². The molecule has 4 rings (SSSR count). The first-order valence-corrected chi connectivity index (χ1v) is 10.5. The third-order valence-electron chi connectivity index (χ3n) is 6.49. The maximum absolute atomic E-state index is 13.5. The number of amides is 1. The fourth-order valence-electron chi connectivity index (χ4n) is 4.67. The van der Waals surface area contributed by atoms with Crippen molar-refractivity contribution in [2.75, 3.05) is 26.7 Å². The highest BCUT2D eigenvalue weighted by atomic mass is 16.2. The van der Waals surface area contributed by atoms with Crippen LogP contribution in [-0.4, -0.2) is 49.1 Å². The molecular formula is C24H31N3O. The van der Waals surface area contributed by atoms with E-state index >= 15 is 0 Å². The molecule has 1 amide bonds. The number of carbonyl (C=O) groups excluding carboxylic acids is 1. The third-order valence-corrected chi connectivity index (χ3v) is 6.49. The van der Waals surface area contributed by atoms with E-state index in [9.17, 15) is 4.79 Å². The zero-order chi connectivity index (χ0) is 19.4. The second kappa shape index (κ2) is 8.46. The second-order valence-corrected chi connectivity index (χ2v) is 8.31. The molecule has 4 nitrogen and oxygen atoms in total. The number of nitrogens with zero attached hydrogens (tertiary/aromatic N) is 1. The fourth-order valence-corrected chi connectivity index (χ4v) is 4.67. The topological polar surface area (TPSA) is 44.4 Å². The minimum Gasteiger partial charge on any atom is -0.353 e. The summed E-state index contributed by atoms with van der Waals surface area (Å²) in [6.07, 6.45) is 4.88. The molecule has 0 aromatic heterocycles. The number of hydrogen-bond acceptors (Lipinski definition) is 3. The monoisotopic (exact) mass is 377 g/mol. The maximum Gasteiger partial charge on any atom is 0.241 e. The summed E-state index contributed by atoms with van der Waals surface area (Å²) in [5, 5.41) is 6.76. The van der Waals surface area contributed by atoms with Crippen molar-refractivity contribution in [3.05, 3.63) is 71.3 Å². The number of benzene rings is 2. The lowest BCUT2D eigenvalue weighted by atomic mass is 9.91.